The van der Waals surface area contributed by atoms with Crippen LogP contribution in [0.3, 0.4) is 0 Å². The fourth-order valence-electron chi connectivity index (χ4n) is 5.27. The molecule has 3 heterocycles. The van der Waals surface area contributed by atoms with E-state index in [4.69, 9.17) is 9.98 Å². The van der Waals surface area contributed by atoms with Gasteiger partial charge in [0.25, 0.3) is 0 Å². The molecule has 2 aliphatic heterocycles. The third kappa shape index (κ3) is 4.85. The van der Waals surface area contributed by atoms with Crippen LogP contribution in [0.1, 0.15) is 51.0 Å². The number of piperazine rings is 1. The van der Waals surface area contributed by atoms with E-state index in [9.17, 15) is 0 Å². The molecule has 0 amide bonds. The smallest absolute Gasteiger partial charge is 0.194 e. The molecule has 4 rings (SSSR count). The Morgan fingerprint density at radius 3 is 2.66 bits per heavy atom. The van der Waals surface area contributed by atoms with Crippen molar-refractivity contribution < 1.29 is 0 Å². The molecule has 160 valence electrons. The molecule has 0 bridgehead atoms. The van der Waals surface area contributed by atoms with Gasteiger partial charge in [-0.2, -0.15) is 0 Å². The molecule has 1 saturated carbocycles. The number of hydrogen-bond donors (Lipinski definition) is 1. The van der Waals surface area contributed by atoms with Crippen LogP contribution in [0.5, 0.6) is 0 Å². The van der Waals surface area contributed by atoms with Crippen molar-refractivity contribution in [1.82, 2.24) is 20.1 Å². The van der Waals surface area contributed by atoms with E-state index in [2.05, 4.69) is 40.1 Å². The highest BCUT2D eigenvalue weighted by Gasteiger charge is 2.39. The van der Waals surface area contributed by atoms with Crippen LogP contribution in [-0.4, -0.2) is 73.6 Å². The minimum atomic E-state index is 0.549. The summed E-state index contributed by atoms with van der Waals surface area (Å²) in [5.74, 6) is 2.20. The van der Waals surface area contributed by atoms with E-state index >= 15 is 0 Å². The second kappa shape index (κ2) is 9.33. The molecule has 3 aliphatic rings. The first-order valence-electron chi connectivity index (χ1n) is 11.6. The number of aliphatic imine (C=N–C) groups is 1. The fourth-order valence-corrected chi connectivity index (χ4v) is 5.27. The number of anilines is 1. The fraction of sp³-hybridized carbons (Fsp3) is 0.739. The maximum absolute atomic E-state index is 5.07. The van der Waals surface area contributed by atoms with Gasteiger partial charge in [0.1, 0.15) is 5.82 Å². The number of rotatable bonds is 4. The zero-order chi connectivity index (χ0) is 20.1. The van der Waals surface area contributed by atoms with Crippen LogP contribution in [0.2, 0.25) is 0 Å². The standard InChI is InChI=1S/C23H38N6/c1-3-24-22(29-13-11-23(19-29)9-5-4-6-10-23)26-18-20-8-7-12-25-21(20)28-16-14-27(2)15-17-28/h7-8,12H,3-6,9-11,13-19H2,1-2H3,(H,24,26). The van der Waals surface area contributed by atoms with Gasteiger partial charge in [-0.15, -0.1) is 0 Å². The van der Waals surface area contributed by atoms with Crippen molar-refractivity contribution in [3.8, 4) is 0 Å². The highest BCUT2D eigenvalue weighted by Crippen LogP contribution is 2.43. The summed E-state index contributed by atoms with van der Waals surface area (Å²) in [4.78, 5) is 17.1. The number of likely N-dealkylation sites (tertiary alicyclic amines) is 1. The molecular weight excluding hydrogens is 360 g/mol. The summed E-state index contributed by atoms with van der Waals surface area (Å²) >= 11 is 0. The van der Waals surface area contributed by atoms with E-state index in [-0.39, 0.29) is 0 Å². The van der Waals surface area contributed by atoms with Crippen LogP contribution in [0, 0.1) is 5.41 Å². The van der Waals surface area contributed by atoms with Gasteiger partial charge < -0.3 is 20.0 Å². The molecule has 0 unspecified atom stereocenters. The number of hydrogen-bond acceptors (Lipinski definition) is 4. The molecule has 0 aromatic carbocycles. The Labute approximate surface area is 176 Å². The minimum Gasteiger partial charge on any atom is -0.357 e. The van der Waals surface area contributed by atoms with Crippen molar-refractivity contribution >= 4 is 11.8 Å². The highest BCUT2D eigenvalue weighted by molar-refractivity contribution is 5.80. The van der Waals surface area contributed by atoms with E-state index in [0.29, 0.717) is 12.0 Å². The van der Waals surface area contributed by atoms with Crippen molar-refractivity contribution in [2.24, 2.45) is 10.4 Å². The van der Waals surface area contributed by atoms with E-state index in [1.165, 1.54) is 50.6 Å². The molecule has 2 saturated heterocycles. The molecule has 1 N–H and O–H groups in total. The van der Waals surface area contributed by atoms with Crippen LogP contribution in [-0.2, 0) is 6.54 Å². The molecule has 6 nitrogen and oxygen atoms in total. The Hall–Kier alpha value is -1.82. The molecule has 6 heteroatoms. The quantitative estimate of drug-likeness (QED) is 0.624. The van der Waals surface area contributed by atoms with Gasteiger partial charge in [-0.25, -0.2) is 9.98 Å². The molecule has 1 aromatic heterocycles. The Morgan fingerprint density at radius 2 is 1.90 bits per heavy atom. The molecule has 29 heavy (non-hydrogen) atoms. The zero-order valence-electron chi connectivity index (χ0n) is 18.4. The number of aromatic nitrogens is 1. The summed E-state index contributed by atoms with van der Waals surface area (Å²) in [6.45, 7) is 10.4. The Bertz CT molecular complexity index is 688. The topological polar surface area (TPSA) is 47.0 Å². The minimum absolute atomic E-state index is 0.549. The lowest BCUT2D eigenvalue weighted by molar-refractivity contribution is 0.203. The number of nitrogens with zero attached hydrogens (tertiary/aromatic N) is 5. The van der Waals surface area contributed by atoms with Gasteiger partial charge in [0.05, 0.1) is 6.54 Å². The normalized spacial score (nSPS) is 23.0. The second-order valence-electron chi connectivity index (χ2n) is 9.18. The summed E-state index contributed by atoms with van der Waals surface area (Å²) < 4.78 is 0. The second-order valence-corrected chi connectivity index (χ2v) is 9.18. The van der Waals surface area contributed by atoms with Crippen LogP contribution < -0.4 is 10.2 Å². The van der Waals surface area contributed by atoms with Crippen LogP contribution in [0.25, 0.3) is 0 Å². The van der Waals surface area contributed by atoms with Crippen molar-refractivity contribution in [2.75, 3.05) is 57.8 Å². The summed E-state index contributed by atoms with van der Waals surface area (Å²) in [7, 11) is 2.19. The van der Waals surface area contributed by atoms with Gasteiger partial charge in [-0.05, 0) is 44.7 Å². The lowest BCUT2D eigenvalue weighted by Gasteiger charge is -2.34. The third-order valence-corrected chi connectivity index (χ3v) is 7.06. The first-order valence-corrected chi connectivity index (χ1v) is 11.6. The molecular formula is C23H38N6. The Morgan fingerprint density at radius 1 is 1.10 bits per heavy atom. The molecule has 1 spiro atoms. The number of nitrogens with one attached hydrogen (secondary N) is 1. The zero-order valence-corrected chi connectivity index (χ0v) is 18.4. The van der Waals surface area contributed by atoms with Gasteiger partial charge in [-0.1, -0.05) is 25.3 Å². The van der Waals surface area contributed by atoms with Crippen LogP contribution >= 0.6 is 0 Å². The number of guanidine groups is 1. The SMILES string of the molecule is CCNC(=NCc1cccnc1N1CCN(C)CC1)N1CCC2(CCCCC2)C1. The highest BCUT2D eigenvalue weighted by atomic mass is 15.3. The lowest BCUT2D eigenvalue weighted by Crippen LogP contribution is -2.45. The van der Waals surface area contributed by atoms with Crippen molar-refractivity contribution in [3.05, 3.63) is 23.9 Å². The molecule has 0 atom stereocenters. The summed E-state index contributed by atoms with van der Waals surface area (Å²) in [6, 6.07) is 4.24. The van der Waals surface area contributed by atoms with Crippen molar-refractivity contribution in [3.63, 3.8) is 0 Å². The van der Waals surface area contributed by atoms with E-state index < -0.39 is 0 Å². The Kier molecular flexibility index (Phi) is 6.58. The average molecular weight is 399 g/mol. The predicted octanol–water partition coefficient (Wildman–Crippen LogP) is 2.96. The first-order chi connectivity index (χ1) is 14.2. The summed E-state index contributed by atoms with van der Waals surface area (Å²) in [5.41, 5.74) is 1.78. The third-order valence-electron chi connectivity index (χ3n) is 7.06. The van der Waals surface area contributed by atoms with Gasteiger partial charge in [0, 0.05) is 57.6 Å². The average Bonchev–Trinajstić information content (AvgIpc) is 3.15. The Balaban J connectivity index is 1.46. The monoisotopic (exact) mass is 398 g/mol. The summed E-state index contributed by atoms with van der Waals surface area (Å²) in [6.07, 6.45) is 10.3. The molecule has 0 radical (unpaired) electrons. The van der Waals surface area contributed by atoms with Gasteiger partial charge in [-0.3, -0.25) is 0 Å². The first kappa shape index (κ1) is 20.5. The van der Waals surface area contributed by atoms with Crippen LogP contribution in [0.15, 0.2) is 23.3 Å². The van der Waals surface area contributed by atoms with Crippen LogP contribution in [0.4, 0.5) is 5.82 Å². The van der Waals surface area contributed by atoms with E-state index in [1.807, 2.05) is 12.3 Å². The maximum Gasteiger partial charge on any atom is 0.194 e. The molecule has 1 aliphatic carbocycles. The lowest BCUT2D eigenvalue weighted by atomic mass is 9.73. The van der Waals surface area contributed by atoms with Crippen molar-refractivity contribution in [2.45, 2.75) is 52.0 Å². The number of pyridine rings is 1. The van der Waals surface area contributed by atoms with Gasteiger partial charge in [0.2, 0.25) is 0 Å². The van der Waals surface area contributed by atoms with E-state index in [1.54, 1.807) is 0 Å². The van der Waals surface area contributed by atoms with Crippen molar-refractivity contribution in [1.29, 1.82) is 0 Å². The maximum atomic E-state index is 5.07. The summed E-state index contributed by atoms with van der Waals surface area (Å²) in [5, 5.41) is 3.56. The van der Waals surface area contributed by atoms with Gasteiger partial charge >= 0.3 is 0 Å². The number of likely N-dealkylation sites (N-methyl/N-ethyl adjacent to an activating group) is 1. The van der Waals surface area contributed by atoms with Gasteiger partial charge in [0.15, 0.2) is 5.96 Å². The molecule has 1 aromatic rings. The largest absolute Gasteiger partial charge is 0.357 e. The predicted molar refractivity (Wildman–Crippen MR) is 120 cm³/mol. The molecule has 3 fully saturated rings. The van der Waals surface area contributed by atoms with E-state index in [0.717, 1.165) is 51.0 Å².